The Bertz CT molecular complexity index is 1080. The number of nitrogens with one attached hydrogen (secondary N) is 1. The Morgan fingerprint density at radius 2 is 1.96 bits per heavy atom. The zero-order chi connectivity index (χ0) is 18.7. The van der Waals surface area contributed by atoms with Crippen molar-refractivity contribution in [1.82, 2.24) is 15.2 Å². The smallest absolute Gasteiger partial charge is 0.267 e. The van der Waals surface area contributed by atoms with Gasteiger partial charge < -0.3 is 0 Å². The highest BCUT2D eigenvalue weighted by Gasteiger charge is 2.15. The lowest BCUT2D eigenvalue weighted by atomic mass is 10.1. The van der Waals surface area contributed by atoms with E-state index in [0.29, 0.717) is 32.9 Å². The molecule has 0 fully saturated rings. The molecule has 1 heterocycles. The van der Waals surface area contributed by atoms with E-state index in [1.54, 1.807) is 49.4 Å². The molecule has 26 heavy (non-hydrogen) atoms. The summed E-state index contributed by atoms with van der Waals surface area (Å²) in [6, 6.07) is 11.8. The van der Waals surface area contributed by atoms with Crippen LogP contribution in [0.3, 0.4) is 0 Å². The van der Waals surface area contributed by atoms with Crippen LogP contribution in [0.1, 0.15) is 23.0 Å². The molecule has 132 valence electrons. The van der Waals surface area contributed by atoms with E-state index in [4.69, 9.17) is 23.2 Å². The van der Waals surface area contributed by atoms with Crippen molar-refractivity contribution in [2.75, 3.05) is 0 Å². The highest BCUT2D eigenvalue weighted by atomic mass is 35.5. The van der Waals surface area contributed by atoms with E-state index >= 15 is 0 Å². The highest BCUT2D eigenvalue weighted by Crippen LogP contribution is 2.19. The third-order valence-corrected chi connectivity index (χ3v) is 4.28. The van der Waals surface area contributed by atoms with Gasteiger partial charge in [0.25, 0.3) is 11.5 Å². The number of nitrogens with zero attached hydrogens (tertiary/aromatic N) is 3. The van der Waals surface area contributed by atoms with Gasteiger partial charge in [-0.3, -0.25) is 9.59 Å². The fourth-order valence-corrected chi connectivity index (χ4v) is 2.89. The molecule has 0 saturated heterocycles. The van der Waals surface area contributed by atoms with Crippen LogP contribution in [0.4, 0.5) is 0 Å². The van der Waals surface area contributed by atoms with E-state index in [2.05, 4.69) is 15.6 Å². The number of hydrogen-bond acceptors (Lipinski definition) is 4. The molecule has 1 aromatic heterocycles. The van der Waals surface area contributed by atoms with Crippen LogP contribution < -0.4 is 11.0 Å². The zero-order valence-corrected chi connectivity index (χ0v) is 15.3. The third-order valence-electron chi connectivity index (χ3n) is 3.71. The second kappa shape index (κ2) is 7.68. The fraction of sp³-hybridized carbons (Fsp3) is 0.111. The largest absolute Gasteiger partial charge is 0.292 e. The Kier molecular flexibility index (Phi) is 5.35. The second-order valence-electron chi connectivity index (χ2n) is 5.38. The molecule has 8 heteroatoms. The molecule has 3 aromatic rings. The van der Waals surface area contributed by atoms with Gasteiger partial charge in [0.2, 0.25) is 0 Å². The number of hydrazone groups is 1. The molecule has 0 saturated carbocycles. The fourth-order valence-electron chi connectivity index (χ4n) is 2.44. The Labute approximate surface area is 159 Å². The van der Waals surface area contributed by atoms with Gasteiger partial charge >= 0.3 is 0 Å². The minimum absolute atomic E-state index is 0.126. The van der Waals surface area contributed by atoms with Crippen LogP contribution in [0.15, 0.2) is 52.4 Å². The summed E-state index contributed by atoms with van der Waals surface area (Å²) in [7, 11) is 0. The van der Waals surface area contributed by atoms with Gasteiger partial charge in [0, 0.05) is 22.5 Å². The highest BCUT2D eigenvalue weighted by molar-refractivity contribution is 6.36. The molecule has 3 rings (SSSR count). The lowest BCUT2D eigenvalue weighted by molar-refractivity contribution is 0.0949. The minimum Gasteiger partial charge on any atom is -0.267 e. The second-order valence-corrected chi connectivity index (χ2v) is 6.22. The first-order chi connectivity index (χ1) is 12.5. The maximum Gasteiger partial charge on any atom is 0.292 e. The number of carbonyl (C=O) groups is 1. The van der Waals surface area contributed by atoms with Crippen LogP contribution >= 0.6 is 23.2 Å². The van der Waals surface area contributed by atoms with Crippen LogP contribution in [0.5, 0.6) is 0 Å². The number of amides is 1. The van der Waals surface area contributed by atoms with Gasteiger partial charge in [-0.25, -0.2) is 10.1 Å². The van der Waals surface area contributed by atoms with Gasteiger partial charge in [0.15, 0.2) is 5.69 Å². The average Bonchev–Trinajstić information content (AvgIpc) is 2.64. The standard InChI is InChI=1S/C18H14Cl2N4O2/c1-2-24-18(26)14-6-4-3-5-13(14)16(23-24)17(25)22-21-10-11-7-8-12(19)9-15(11)20/h3-10H,2H2,1H3,(H,22,25)/b21-10-. The number of halogens is 2. The molecule has 0 aliphatic rings. The van der Waals surface area contributed by atoms with Gasteiger partial charge in [0.05, 0.1) is 16.6 Å². The van der Waals surface area contributed by atoms with E-state index < -0.39 is 5.91 Å². The maximum absolute atomic E-state index is 12.5. The molecule has 0 aliphatic heterocycles. The molecule has 1 N–H and O–H groups in total. The van der Waals surface area contributed by atoms with Crippen molar-refractivity contribution >= 4 is 46.1 Å². The van der Waals surface area contributed by atoms with Crippen molar-refractivity contribution in [1.29, 1.82) is 0 Å². The molecule has 0 aliphatic carbocycles. The van der Waals surface area contributed by atoms with E-state index in [-0.39, 0.29) is 11.3 Å². The SMILES string of the molecule is CCn1nc(C(=O)N/N=C\c2ccc(Cl)cc2Cl)c2ccccc2c1=O. The third kappa shape index (κ3) is 3.61. The Hall–Kier alpha value is -2.70. The molecular formula is C18H14Cl2N4O2. The first-order valence-electron chi connectivity index (χ1n) is 7.79. The summed E-state index contributed by atoms with van der Waals surface area (Å²) in [5.41, 5.74) is 2.90. The predicted molar refractivity (Wildman–Crippen MR) is 103 cm³/mol. The molecule has 0 unspecified atom stereocenters. The summed E-state index contributed by atoms with van der Waals surface area (Å²) in [4.78, 5) is 24.8. The first kappa shape index (κ1) is 18.1. The number of hydrogen-bond donors (Lipinski definition) is 1. The van der Waals surface area contributed by atoms with Gasteiger partial charge in [0.1, 0.15) is 0 Å². The van der Waals surface area contributed by atoms with Crippen LogP contribution in [0, 0.1) is 0 Å². The number of rotatable bonds is 4. The molecular weight excluding hydrogens is 375 g/mol. The van der Waals surface area contributed by atoms with E-state index in [9.17, 15) is 9.59 Å². The van der Waals surface area contributed by atoms with Gasteiger partial charge in [-0.05, 0) is 25.1 Å². The summed E-state index contributed by atoms with van der Waals surface area (Å²) >= 11 is 11.9. The van der Waals surface area contributed by atoms with Crippen molar-refractivity contribution in [3.63, 3.8) is 0 Å². The Morgan fingerprint density at radius 3 is 2.65 bits per heavy atom. The molecule has 2 aromatic carbocycles. The van der Waals surface area contributed by atoms with Crippen molar-refractivity contribution in [2.45, 2.75) is 13.5 Å². The molecule has 0 radical (unpaired) electrons. The monoisotopic (exact) mass is 388 g/mol. The summed E-state index contributed by atoms with van der Waals surface area (Å²) in [5.74, 6) is -0.523. The van der Waals surface area contributed by atoms with E-state index in [0.717, 1.165) is 0 Å². The number of fused-ring (bicyclic) bond motifs is 1. The normalized spacial score (nSPS) is 11.2. The van der Waals surface area contributed by atoms with Crippen molar-refractivity contribution in [3.05, 3.63) is 74.1 Å². The van der Waals surface area contributed by atoms with Gasteiger partial charge in [-0.15, -0.1) is 0 Å². The van der Waals surface area contributed by atoms with Crippen LogP contribution in [-0.2, 0) is 6.54 Å². The molecule has 0 atom stereocenters. The van der Waals surface area contributed by atoms with Crippen LogP contribution in [0.25, 0.3) is 10.8 Å². The lowest BCUT2D eigenvalue weighted by Gasteiger charge is -2.08. The molecule has 1 amide bonds. The minimum atomic E-state index is -0.523. The quantitative estimate of drug-likeness (QED) is 0.548. The van der Waals surface area contributed by atoms with Gasteiger partial charge in [-0.2, -0.15) is 10.2 Å². The van der Waals surface area contributed by atoms with Crippen molar-refractivity contribution in [3.8, 4) is 0 Å². The summed E-state index contributed by atoms with van der Waals surface area (Å²) in [5, 5.41) is 9.89. The van der Waals surface area contributed by atoms with Crippen molar-refractivity contribution < 1.29 is 4.79 Å². The number of aromatic nitrogens is 2. The summed E-state index contributed by atoms with van der Waals surface area (Å²) in [6.07, 6.45) is 1.41. The van der Waals surface area contributed by atoms with Crippen molar-refractivity contribution in [2.24, 2.45) is 5.10 Å². The summed E-state index contributed by atoms with van der Waals surface area (Å²) < 4.78 is 1.25. The van der Waals surface area contributed by atoms with Gasteiger partial charge in [-0.1, -0.05) is 47.5 Å². The average molecular weight is 389 g/mol. The molecule has 0 spiro atoms. The van der Waals surface area contributed by atoms with Crippen LogP contribution in [-0.4, -0.2) is 21.9 Å². The predicted octanol–water partition coefficient (Wildman–Crippen LogP) is 3.49. The zero-order valence-electron chi connectivity index (χ0n) is 13.7. The Morgan fingerprint density at radius 1 is 1.23 bits per heavy atom. The van der Waals surface area contributed by atoms with E-state index in [1.807, 2.05) is 0 Å². The van der Waals surface area contributed by atoms with Crippen LogP contribution in [0.2, 0.25) is 10.0 Å². The first-order valence-corrected chi connectivity index (χ1v) is 8.55. The lowest BCUT2D eigenvalue weighted by Crippen LogP contribution is -2.28. The number of benzene rings is 2. The Balaban J connectivity index is 1.92. The molecule has 0 bridgehead atoms. The topological polar surface area (TPSA) is 76.3 Å². The molecule has 6 nitrogen and oxygen atoms in total. The number of carbonyl (C=O) groups excluding carboxylic acids is 1. The van der Waals surface area contributed by atoms with E-state index in [1.165, 1.54) is 10.9 Å². The number of aryl methyl sites for hydroxylation is 1. The summed E-state index contributed by atoms with van der Waals surface area (Å²) in [6.45, 7) is 2.14. The maximum atomic E-state index is 12.5.